The fraction of sp³-hybridized carbons (Fsp3) is 0.545. The van der Waals surface area contributed by atoms with E-state index >= 15 is 0 Å². The van der Waals surface area contributed by atoms with E-state index in [0.717, 1.165) is 9.13 Å². The van der Waals surface area contributed by atoms with E-state index in [1.807, 2.05) is 0 Å². The fourth-order valence-electron chi connectivity index (χ4n) is 1.80. The smallest absolute Gasteiger partial charge is 0.332 e. The highest BCUT2D eigenvalue weighted by Crippen LogP contribution is 2.09. The van der Waals surface area contributed by atoms with Crippen LogP contribution in [0.4, 0.5) is 11.5 Å². The minimum atomic E-state index is -0.752. The first kappa shape index (κ1) is 17.7. The summed E-state index contributed by atoms with van der Waals surface area (Å²) in [6.07, 6.45) is -0.752. The van der Waals surface area contributed by atoms with Gasteiger partial charge in [0.1, 0.15) is 17.6 Å². The highest BCUT2D eigenvalue weighted by atomic mass is 16.6. The predicted octanol–water partition coefficient (Wildman–Crippen LogP) is -3.37. The Kier molecular flexibility index (Phi) is 5.68. The summed E-state index contributed by atoms with van der Waals surface area (Å²) in [5.41, 5.74) is 14.9. The molecular weight excluding hydrogens is 294 g/mol. The topological polar surface area (TPSA) is 186 Å². The maximum absolute atomic E-state index is 12.4. The van der Waals surface area contributed by atoms with Gasteiger partial charge in [-0.25, -0.2) is 10.7 Å². The van der Waals surface area contributed by atoms with E-state index in [-0.39, 0.29) is 24.6 Å². The molecule has 0 radical (unpaired) electrons. The second kappa shape index (κ2) is 7.06. The third-order valence-corrected chi connectivity index (χ3v) is 3.16. The lowest BCUT2D eigenvalue weighted by molar-refractivity contribution is -0.116. The highest BCUT2D eigenvalue weighted by molar-refractivity contribution is 5.79. The van der Waals surface area contributed by atoms with E-state index < -0.39 is 29.3 Å². The lowest BCUT2D eigenvalue weighted by atomic mass is 10.2. The summed E-state index contributed by atoms with van der Waals surface area (Å²) in [7, 11) is 1.38. The third kappa shape index (κ3) is 3.63. The molecule has 0 fully saturated rings. The van der Waals surface area contributed by atoms with E-state index in [9.17, 15) is 14.4 Å². The molecule has 1 rings (SSSR count). The molecule has 0 spiro atoms. The Hall–Kier alpha value is -2.37. The van der Waals surface area contributed by atoms with Gasteiger partial charge >= 0.3 is 5.69 Å². The number of rotatable bonds is 7. The van der Waals surface area contributed by atoms with Crippen molar-refractivity contribution in [3.05, 3.63) is 20.8 Å². The first-order valence-electron chi connectivity index (χ1n) is 6.43. The van der Waals surface area contributed by atoms with Crippen LogP contribution in [0.3, 0.4) is 0 Å². The number of hydrogen-bond donors (Lipinski definition) is 5. The third-order valence-electron chi connectivity index (χ3n) is 3.16. The van der Waals surface area contributed by atoms with Crippen LogP contribution in [0, 0.1) is 0 Å². The van der Waals surface area contributed by atoms with Gasteiger partial charge in [-0.2, -0.15) is 0 Å². The summed E-state index contributed by atoms with van der Waals surface area (Å²) in [5, 5.41) is 2.51. The zero-order chi connectivity index (χ0) is 17.0. The monoisotopic (exact) mass is 315 g/mol. The summed E-state index contributed by atoms with van der Waals surface area (Å²) in [4.78, 5) is 40.0. The van der Waals surface area contributed by atoms with Gasteiger partial charge < -0.3 is 22.5 Å². The molecule has 22 heavy (non-hydrogen) atoms. The molecule has 1 heterocycles. The lowest BCUT2D eigenvalue weighted by Crippen LogP contribution is -2.48. The fourth-order valence-corrected chi connectivity index (χ4v) is 1.80. The van der Waals surface area contributed by atoms with Crippen molar-refractivity contribution in [3.8, 4) is 0 Å². The zero-order valence-corrected chi connectivity index (χ0v) is 12.4. The second-order valence-corrected chi connectivity index (χ2v) is 4.87. The van der Waals surface area contributed by atoms with Gasteiger partial charge in [-0.05, 0) is 6.92 Å². The molecule has 0 saturated heterocycles. The van der Waals surface area contributed by atoms with Crippen LogP contribution in [-0.2, 0) is 23.2 Å². The van der Waals surface area contributed by atoms with E-state index in [2.05, 4.69) is 10.2 Å². The Balaban J connectivity index is 3.36. The van der Waals surface area contributed by atoms with Gasteiger partial charge in [-0.15, -0.1) is 0 Å². The standard InChI is InChI=1S/C11H21N7O4/c1-5(12)6(22-15)4-18-10(20)8(16-3-7(13)19)9(14)17(2)11(18)21/h5-6,16H,3-4,12,14-15H2,1-2H3,(H2,13,19)/t5-,6?/m0/s1. The minimum Gasteiger partial charge on any atom is -0.383 e. The second-order valence-electron chi connectivity index (χ2n) is 4.87. The summed E-state index contributed by atoms with van der Waals surface area (Å²) in [6, 6.07) is -0.513. The number of nitrogens with two attached hydrogens (primary N) is 4. The van der Waals surface area contributed by atoms with E-state index in [4.69, 9.17) is 23.1 Å². The van der Waals surface area contributed by atoms with Gasteiger partial charge in [-0.1, -0.05) is 0 Å². The SMILES string of the molecule is C[C@H](N)C(Cn1c(=O)c(NCC(N)=O)c(N)n(C)c1=O)ON. The molecule has 1 aromatic heterocycles. The number of carbonyl (C=O) groups is 1. The van der Waals surface area contributed by atoms with Gasteiger partial charge in [0.15, 0.2) is 0 Å². The maximum Gasteiger partial charge on any atom is 0.332 e. The van der Waals surface area contributed by atoms with Gasteiger partial charge in [0.05, 0.1) is 13.1 Å². The van der Waals surface area contributed by atoms with Crippen LogP contribution in [0.5, 0.6) is 0 Å². The summed E-state index contributed by atoms with van der Waals surface area (Å²) in [6.45, 7) is 1.16. The van der Waals surface area contributed by atoms with Crippen molar-refractivity contribution >= 4 is 17.4 Å². The van der Waals surface area contributed by atoms with Crippen molar-refractivity contribution in [3.63, 3.8) is 0 Å². The number of amides is 1. The molecule has 9 N–H and O–H groups in total. The minimum absolute atomic E-state index is 0.110. The summed E-state index contributed by atoms with van der Waals surface area (Å²) in [5.74, 6) is 4.33. The predicted molar refractivity (Wildman–Crippen MR) is 80.7 cm³/mol. The number of carbonyl (C=O) groups excluding carboxylic acids is 1. The van der Waals surface area contributed by atoms with E-state index in [1.54, 1.807) is 6.92 Å². The first-order chi connectivity index (χ1) is 10.2. The van der Waals surface area contributed by atoms with Crippen molar-refractivity contribution in [1.29, 1.82) is 0 Å². The van der Waals surface area contributed by atoms with Crippen molar-refractivity contribution in [1.82, 2.24) is 9.13 Å². The van der Waals surface area contributed by atoms with Crippen molar-refractivity contribution in [2.24, 2.45) is 24.4 Å². The molecule has 0 aromatic carbocycles. The van der Waals surface area contributed by atoms with Crippen molar-refractivity contribution < 1.29 is 9.63 Å². The van der Waals surface area contributed by atoms with E-state index in [1.165, 1.54) is 7.05 Å². The van der Waals surface area contributed by atoms with Crippen molar-refractivity contribution in [2.45, 2.75) is 25.6 Å². The van der Waals surface area contributed by atoms with Crippen LogP contribution in [0.1, 0.15) is 6.92 Å². The van der Waals surface area contributed by atoms with Crippen LogP contribution in [0.25, 0.3) is 0 Å². The highest BCUT2D eigenvalue weighted by Gasteiger charge is 2.21. The number of nitrogens with one attached hydrogen (secondary N) is 1. The quantitative estimate of drug-likeness (QED) is 0.322. The molecule has 0 aliphatic rings. The first-order valence-corrected chi connectivity index (χ1v) is 6.43. The Labute approximate surface area is 125 Å². The molecule has 0 aliphatic carbocycles. The maximum atomic E-state index is 12.4. The number of anilines is 2. The lowest BCUT2D eigenvalue weighted by Gasteiger charge is -2.20. The molecule has 0 saturated carbocycles. The van der Waals surface area contributed by atoms with Crippen LogP contribution in [0.2, 0.25) is 0 Å². The molecule has 1 amide bonds. The van der Waals surface area contributed by atoms with Gasteiger partial charge in [0.2, 0.25) is 5.91 Å². The molecule has 11 nitrogen and oxygen atoms in total. The average molecular weight is 315 g/mol. The number of aromatic nitrogens is 2. The van der Waals surface area contributed by atoms with Crippen molar-refractivity contribution in [2.75, 3.05) is 17.6 Å². The van der Waals surface area contributed by atoms with Gasteiger partial charge in [0, 0.05) is 13.1 Å². The molecule has 0 aliphatic heterocycles. The largest absolute Gasteiger partial charge is 0.383 e. The molecule has 11 heteroatoms. The Morgan fingerprint density at radius 2 is 2.00 bits per heavy atom. The van der Waals surface area contributed by atoms with Crippen LogP contribution in [0.15, 0.2) is 9.59 Å². The Morgan fingerprint density at radius 1 is 1.41 bits per heavy atom. The Morgan fingerprint density at radius 3 is 2.45 bits per heavy atom. The molecule has 0 bridgehead atoms. The molecule has 1 unspecified atom stereocenters. The number of primary amides is 1. The number of hydrogen-bond acceptors (Lipinski definition) is 8. The number of nitrogen functional groups attached to an aromatic ring is 1. The van der Waals surface area contributed by atoms with Crippen LogP contribution >= 0.6 is 0 Å². The zero-order valence-electron chi connectivity index (χ0n) is 12.4. The molecule has 124 valence electrons. The summed E-state index contributed by atoms with van der Waals surface area (Å²) >= 11 is 0. The van der Waals surface area contributed by atoms with Gasteiger partial charge in [-0.3, -0.25) is 23.6 Å². The van der Waals surface area contributed by atoms with Crippen LogP contribution < -0.4 is 39.7 Å². The molecule has 2 atom stereocenters. The van der Waals surface area contributed by atoms with Gasteiger partial charge in [0.25, 0.3) is 5.56 Å². The molecule has 1 aromatic rings. The average Bonchev–Trinajstić information content (AvgIpc) is 2.44. The van der Waals surface area contributed by atoms with Crippen LogP contribution in [-0.4, -0.2) is 33.7 Å². The normalized spacial score (nSPS) is 13.6. The molecular formula is C11H21N7O4. The van der Waals surface area contributed by atoms with E-state index in [0.29, 0.717) is 0 Å². The number of nitrogens with zero attached hydrogens (tertiary/aromatic N) is 2. The summed E-state index contributed by atoms with van der Waals surface area (Å²) < 4.78 is 1.93. The Bertz CT molecular complexity index is 664.